The molecule has 2 heterocycles. The van der Waals surface area contributed by atoms with Crippen molar-refractivity contribution in [2.24, 2.45) is 22.7 Å². The highest BCUT2D eigenvalue weighted by molar-refractivity contribution is 5.92. The molecule has 138 valence electrons. The molecule has 6 nitrogen and oxygen atoms in total. The molecule has 25 heavy (non-hydrogen) atoms. The zero-order valence-corrected chi connectivity index (χ0v) is 14.9. The van der Waals surface area contributed by atoms with Gasteiger partial charge >= 0.3 is 0 Å². The molecule has 0 unspecified atom stereocenters. The normalized spacial score (nSPS) is 35.2. The van der Waals surface area contributed by atoms with Gasteiger partial charge in [0.25, 0.3) is 0 Å². The topological polar surface area (TPSA) is 59.1 Å². The van der Waals surface area contributed by atoms with Gasteiger partial charge < -0.3 is 19.3 Å². The third-order valence-electron chi connectivity index (χ3n) is 6.84. The van der Waals surface area contributed by atoms with E-state index in [0.29, 0.717) is 26.3 Å². The molecule has 3 aliphatic carbocycles. The van der Waals surface area contributed by atoms with Crippen molar-refractivity contribution in [3.63, 3.8) is 0 Å². The third kappa shape index (κ3) is 3.08. The van der Waals surface area contributed by atoms with Gasteiger partial charge in [-0.15, -0.1) is 0 Å². The zero-order chi connectivity index (χ0) is 17.1. The van der Waals surface area contributed by atoms with E-state index in [1.807, 2.05) is 9.80 Å². The Morgan fingerprint density at radius 2 is 1.20 bits per heavy atom. The van der Waals surface area contributed by atoms with Crippen LogP contribution >= 0.6 is 0 Å². The number of carbonyl (C=O) groups excluding carboxylic acids is 2. The van der Waals surface area contributed by atoms with Crippen molar-refractivity contribution in [3.8, 4) is 0 Å². The van der Waals surface area contributed by atoms with Gasteiger partial charge in [0.05, 0.1) is 38.3 Å². The van der Waals surface area contributed by atoms with Gasteiger partial charge in [-0.05, 0) is 32.1 Å². The summed E-state index contributed by atoms with van der Waals surface area (Å²) in [6.45, 7) is 5.85. The number of ether oxygens (including phenoxy) is 2. The molecule has 0 bridgehead atoms. The molecule has 0 aromatic rings. The SMILES string of the molecule is O=C([C@H]1C[C@H]1C(=O)N1CCOCC2(CC2)C1)N1CCOCC2(CC2)C1. The minimum absolute atomic E-state index is 0.0966. The van der Waals surface area contributed by atoms with E-state index in [2.05, 4.69) is 0 Å². The van der Waals surface area contributed by atoms with Crippen LogP contribution in [-0.2, 0) is 19.1 Å². The molecule has 2 aliphatic heterocycles. The molecule has 0 radical (unpaired) electrons. The molecule has 5 fully saturated rings. The first-order chi connectivity index (χ1) is 12.1. The largest absolute Gasteiger partial charge is 0.379 e. The number of amides is 2. The van der Waals surface area contributed by atoms with Crippen LogP contribution in [0.1, 0.15) is 32.1 Å². The summed E-state index contributed by atoms with van der Waals surface area (Å²) in [6.07, 6.45) is 5.39. The van der Waals surface area contributed by atoms with Crippen molar-refractivity contribution < 1.29 is 19.1 Å². The van der Waals surface area contributed by atoms with Crippen LogP contribution in [0.2, 0.25) is 0 Å². The van der Waals surface area contributed by atoms with Gasteiger partial charge in [0.15, 0.2) is 0 Å². The van der Waals surface area contributed by atoms with Crippen LogP contribution in [0.4, 0.5) is 0 Å². The summed E-state index contributed by atoms with van der Waals surface area (Å²) < 4.78 is 11.4. The highest BCUT2D eigenvalue weighted by Crippen LogP contribution is 2.50. The van der Waals surface area contributed by atoms with Gasteiger partial charge in [-0.25, -0.2) is 0 Å². The molecule has 0 aromatic heterocycles. The molecular formula is C19H28N2O4. The molecule has 6 heteroatoms. The van der Waals surface area contributed by atoms with Crippen molar-refractivity contribution in [2.75, 3.05) is 52.6 Å². The van der Waals surface area contributed by atoms with Crippen LogP contribution in [-0.4, -0.2) is 74.2 Å². The summed E-state index contributed by atoms with van der Waals surface area (Å²) in [6, 6.07) is 0. The predicted molar refractivity (Wildman–Crippen MR) is 89.7 cm³/mol. The molecule has 5 aliphatic rings. The van der Waals surface area contributed by atoms with Crippen molar-refractivity contribution in [2.45, 2.75) is 32.1 Å². The van der Waals surface area contributed by atoms with Crippen LogP contribution in [0.5, 0.6) is 0 Å². The first-order valence-electron chi connectivity index (χ1n) is 9.83. The zero-order valence-electron chi connectivity index (χ0n) is 14.9. The van der Waals surface area contributed by atoms with Crippen molar-refractivity contribution in [3.05, 3.63) is 0 Å². The quantitative estimate of drug-likeness (QED) is 0.744. The predicted octanol–water partition coefficient (Wildman–Crippen LogP) is 0.901. The lowest BCUT2D eigenvalue weighted by atomic mass is 10.1. The average Bonchev–Trinajstić information content (AvgIpc) is 3.46. The molecule has 5 rings (SSSR count). The Kier molecular flexibility index (Phi) is 3.65. The molecular weight excluding hydrogens is 320 g/mol. The Balaban J connectivity index is 1.20. The number of carbonyl (C=O) groups is 2. The van der Waals surface area contributed by atoms with E-state index in [9.17, 15) is 9.59 Å². The fourth-order valence-electron chi connectivity index (χ4n) is 4.53. The van der Waals surface area contributed by atoms with Gasteiger partial charge in [0.2, 0.25) is 11.8 Å². The number of rotatable bonds is 2. The minimum Gasteiger partial charge on any atom is -0.379 e. The Morgan fingerprint density at radius 3 is 1.60 bits per heavy atom. The molecule has 2 spiro atoms. The second-order valence-electron chi connectivity index (χ2n) is 9.07. The van der Waals surface area contributed by atoms with Gasteiger partial charge in [0, 0.05) is 37.0 Å². The van der Waals surface area contributed by atoms with Crippen LogP contribution < -0.4 is 0 Å². The van der Waals surface area contributed by atoms with E-state index in [4.69, 9.17) is 9.47 Å². The van der Waals surface area contributed by atoms with Crippen LogP contribution in [0.3, 0.4) is 0 Å². The summed E-state index contributed by atoms with van der Waals surface area (Å²) in [5, 5.41) is 0. The van der Waals surface area contributed by atoms with E-state index >= 15 is 0 Å². The van der Waals surface area contributed by atoms with Crippen molar-refractivity contribution in [1.82, 2.24) is 9.80 Å². The summed E-state index contributed by atoms with van der Waals surface area (Å²) in [5.74, 6) is 0.172. The second kappa shape index (κ2) is 5.68. The van der Waals surface area contributed by atoms with Gasteiger partial charge in [-0.3, -0.25) is 9.59 Å². The maximum absolute atomic E-state index is 12.9. The molecule has 0 N–H and O–H groups in total. The Hall–Kier alpha value is -1.14. The lowest BCUT2D eigenvalue weighted by molar-refractivity contribution is -0.138. The van der Waals surface area contributed by atoms with Gasteiger partial charge in [-0.2, -0.15) is 0 Å². The van der Waals surface area contributed by atoms with E-state index in [0.717, 1.165) is 32.7 Å². The number of hydrogen-bond donors (Lipinski definition) is 0. The fourth-order valence-corrected chi connectivity index (χ4v) is 4.53. The maximum Gasteiger partial charge on any atom is 0.226 e. The summed E-state index contributed by atoms with van der Waals surface area (Å²) in [5.41, 5.74) is 0.447. The maximum atomic E-state index is 12.9. The molecule has 0 aromatic carbocycles. The smallest absolute Gasteiger partial charge is 0.226 e. The van der Waals surface area contributed by atoms with Gasteiger partial charge in [-0.1, -0.05) is 0 Å². The van der Waals surface area contributed by atoms with E-state index in [1.54, 1.807) is 0 Å². The van der Waals surface area contributed by atoms with E-state index in [1.165, 1.54) is 25.7 Å². The minimum atomic E-state index is -0.0966. The Morgan fingerprint density at radius 1 is 0.760 bits per heavy atom. The Labute approximate surface area is 148 Å². The van der Waals surface area contributed by atoms with E-state index in [-0.39, 0.29) is 34.5 Å². The van der Waals surface area contributed by atoms with Crippen molar-refractivity contribution >= 4 is 11.8 Å². The monoisotopic (exact) mass is 348 g/mol. The average molecular weight is 348 g/mol. The first kappa shape index (κ1) is 16.1. The second-order valence-corrected chi connectivity index (χ2v) is 9.07. The Bertz CT molecular complexity index is 534. The summed E-state index contributed by atoms with van der Waals surface area (Å²) in [7, 11) is 0. The summed E-state index contributed by atoms with van der Waals surface area (Å²) >= 11 is 0. The van der Waals surface area contributed by atoms with Crippen LogP contribution in [0, 0.1) is 22.7 Å². The fraction of sp³-hybridized carbons (Fsp3) is 0.895. The number of nitrogens with zero attached hydrogens (tertiary/aromatic N) is 2. The first-order valence-corrected chi connectivity index (χ1v) is 9.83. The lowest BCUT2D eigenvalue weighted by Crippen LogP contribution is -2.40. The lowest BCUT2D eigenvalue weighted by Gasteiger charge is -2.25. The highest BCUT2D eigenvalue weighted by atomic mass is 16.5. The van der Waals surface area contributed by atoms with Crippen LogP contribution in [0.25, 0.3) is 0 Å². The van der Waals surface area contributed by atoms with Gasteiger partial charge in [0.1, 0.15) is 0 Å². The standard InChI is InChI=1S/C19H28N2O4/c22-16(20-5-7-24-12-18(10-20)1-2-18)14-9-15(14)17(23)21-6-8-25-13-19(11-21)3-4-19/h14-15H,1-13H2/t14-,15+. The molecule has 2 saturated heterocycles. The number of hydrogen-bond acceptors (Lipinski definition) is 4. The third-order valence-corrected chi connectivity index (χ3v) is 6.84. The molecule has 3 saturated carbocycles. The highest BCUT2D eigenvalue weighted by Gasteiger charge is 2.55. The van der Waals surface area contributed by atoms with Crippen molar-refractivity contribution in [1.29, 1.82) is 0 Å². The summed E-state index contributed by atoms with van der Waals surface area (Å²) in [4.78, 5) is 29.8. The molecule has 2 amide bonds. The van der Waals surface area contributed by atoms with E-state index < -0.39 is 0 Å². The van der Waals surface area contributed by atoms with Crippen LogP contribution in [0.15, 0.2) is 0 Å². The molecule has 2 atom stereocenters.